The van der Waals surface area contributed by atoms with Crippen LogP contribution in [0, 0.1) is 5.82 Å². The number of nitrogens with one attached hydrogen (secondary N) is 1. The van der Waals surface area contributed by atoms with Crippen LogP contribution in [0.25, 0.3) is 0 Å². The van der Waals surface area contributed by atoms with Crippen molar-refractivity contribution in [1.82, 2.24) is 5.32 Å². The Morgan fingerprint density at radius 2 is 1.72 bits per heavy atom. The van der Waals surface area contributed by atoms with Gasteiger partial charge in [-0.15, -0.1) is 0 Å². The molecule has 0 spiro atoms. The molecular formula is C17H18BrFN2O3S. The number of anilines is 1. The fourth-order valence-electron chi connectivity index (χ4n) is 2.19. The zero-order valence-corrected chi connectivity index (χ0v) is 16.0. The Balaban J connectivity index is 1.95. The lowest BCUT2D eigenvalue weighted by atomic mass is 10.1. The number of nitrogens with zero attached hydrogens (tertiary/aromatic N) is 1. The minimum atomic E-state index is -3.59. The minimum absolute atomic E-state index is 0.302. The van der Waals surface area contributed by atoms with E-state index in [1.807, 2.05) is 0 Å². The summed E-state index contributed by atoms with van der Waals surface area (Å²) in [7, 11) is -3.59. The van der Waals surface area contributed by atoms with Crippen molar-refractivity contribution in [3.05, 3.63) is 64.4 Å². The highest BCUT2D eigenvalue weighted by Gasteiger charge is 2.20. The monoisotopic (exact) mass is 428 g/mol. The van der Waals surface area contributed by atoms with E-state index < -0.39 is 15.9 Å². The Morgan fingerprint density at radius 3 is 2.28 bits per heavy atom. The highest BCUT2D eigenvalue weighted by Crippen LogP contribution is 2.20. The van der Waals surface area contributed by atoms with Gasteiger partial charge >= 0.3 is 0 Å². The van der Waals surface area contributed by atoms with Crippen molar-refractivity contribution in [3.8, 4) is 0 Å². The van der Waals surface area contributed by atoms with E-state index in [9.17, 15) is 17.6 Å². The van der Waals surface area contributed by atoms with Crippen LogP contribution in [-0.2, 0) is 21.2 Å². The zero-order chi connectivity index (χ0) is 18.4. The summed E-state index contributed by atoms with van der Waals surface area (Å²) in [6.07, 6.45) is 1.59. The Bertz CT molecular complexity index is 824. The third-order valence-corrected chi connectivity index (χ3v) is 5.12. The quantitative estimate of drug-likeness (QED) is 0.736. The Hall–Kier alpha value is -1.93. The number of amides is 1. The minimum Gasteiger partial charge on any atom is -0.354 e. The van der Waals surface area contributed by atoms with Crippen molar-refractivity contribution in [2.75, 3.05) is 23.7 Å². The summed E-state index contributed by atoms with van der Waals surface area (Å²) >= 11 is 3.29. The summed E-state index contributed by atoms with van der Waals surface area (Å²) in [6.45, 7) is 0.0340. The molecule has 2 rings (SSSR count). The second-order valence-electron chi connectivity index (χ2n) is 5.47. The SMILES string of the molecule is CS(=O)(=O)N(CC(=O)NCCc1ccc(F)cc1)c1ccc(Br)cc1. The molecule has 0 saturated heterocycles. The van der Waals surface area contributed by atoms with Gasteiger partial charge in [0, 0.05) is 11.0 Å². The van der Waals surface area contributed by atoms with E-state index in [0.717, 1.165) is 20.6 Å². The maximum atomic E-state index is 12.8. The highest BCUT2D eigenvalue weighted by molar-refractivity contribution is 9.10. The first-order valence-corrected chi connectivity index (χ1v) is 10.1. The molecule has 134 valence electrons. The molecule has 0 saturated carbocycles. The smallest absolute Gasteiger partial charge is 0.240 e. The third kappa shape index (κ3) is 6.13. The largest absolute Gasteiger partial charge is 0.354 e. The van der Waals surface area contributed by atoms with E-state index in [1.165, 1.54) is 12.1 Å². The molecule has 8 heteroatoms. The van der Waals surface area contributed by atoms with Gasteiger partial charge < -0.3 is 5.32 Å². The lowest BCUT2D eigenvalue weighted by Crippen LogP contribution is -2.40. The molecular weight excluding hydrogens is 411 g/mol. The maximum absolute atomic E-state index is 12.8. The number of hydrogen-bond donors (Lipinski definition) is 1. The normalized spacial score (nSPS) is 11.2. The predicted octanol–water partition coefficient (Wildman–Crippen LogP) is 2.71. The number of halogens is 2. The van der Waals surface area contributed by atoms with Crippen LogP contribution in [0.3, 0.4) is 0 Å². The van der Waals surface area contributed by atoms with Crippen molar-refractivity contribution in [1.29, 1.82) is 0 Å². The van der Waals surface area contributed by atoms with E-state index in [-0.39, 0.29) is 12.4 Å². The fourth-order valence-corrected chi connectivity index (χ4v) is 3.31. The Kier molecular flexibility index (Phi) is 6.55. The lowest BCUT2D eigenvalue weighted by molar-refractivity contribution is -0.119. The van der Waals surface area contributed by atoms with E-state index in [4.69, 9.17) is 0 Å². The van der Waals surface area contributed by atoms with E-state index in [2.05, 4.69) is 21.2 Å². The molecule has 0 atom stereocenters. The molecule has 2 aromatic rings. The van der Waals surface area contributed by atoms with Gasteiger partial charge in [-0.3, -0.25) is 9.10 Å². The molecule has 0 fully saturated rings. The summed E-state index contributed by atoms with van der Waals surface area (Å²) in [5, 5.41) is 2.68. The predicted molar refractivity (Wildman–Crippen MR) is 99.4 cm³/mol. The van der Waals surface area contributed by atoms with Crippen LogP contribution < -0.4 is 9.62 Å². The number of sulfonamides is 1. The van der Waals surface area contributed by atoms with Gasteiger partial charge in [0.25, 0.3) is 0 Å². The first-order valence-electron chi connectivity index (χ1n) is 7.50. The third-order valence-electron chi connectivity index (χ3n) is 3.45. The molecule has 0 aliphatic rings. The maximum Gasteiger partial charge on any atom is 0.240 e. The van der Waals surface area contributed by atoms with Gasteiger partial charge in [0.2, 0.25) is 15.9 Å². The van der Waals surface area contributed by atoms with E-state index >= 15 is 0 Å². The average molecular weight is 429 g/mol. The van der Waals surface area contributed by atoms with Crippen LogP contribution in [0.5, 0.6) is 0 Å². The van der Waals surface area contributed by atoms with Gasteiger partial charge in [-0.2, -0.15) is 0 Å². The van der Waals surface area contributed by atoms with Crippen molar-refractivity contribution in [2.45, 2.75) is 6.42 Å². The number of benzene rings is 2. The topological polar surface area (TPSA) is 66.5 Å². The van der Waals surface area contributed by atoms with Crippen LogP contribution in [0.1, 0.15) is 5.56 Å². The summed E-state index contributed by atoms with van der Waals surface area (Å²) < 4.78 is 38.7. The van der Waals surface area contributed by atoms with Crippen LogP contribution in [0.2, 0.25) is 0 Å². The van der Waals surface area contributed by atoms with E-state index in [0.29, 0.717) is 18.7 Å². The van der Waals surface area contributed by atoms with Crippen LogP contribution in [-0.4, -0.2) is 33.7 Å². The summed E-state index contributed by atoms with van der Waals surface area (Å²) in [6, 6.07) is 12.7. The van der Waals surface area contributed by atoms with Crippen LogP contribution in [0.15, 0.2) is 53.0 Å². The molecule has 0 radical (unpaired) electrons. The van der Waals surface area contributed by atoms with Gasteiger partial charge in [0.15, 0.2) is 0 Å². The first-order chi connectivity index (χ1) is 11.8. The Labute approximate surface area is 155 Å². The Morgan fingerprint density at radius 1 is 1.12 bits per heavy atom. The van der Waals surface area contributed by atoms with Gasteiger partial charge in [0.1, 0.15) is 12.4 Å². The molecule has 0 aliphatic carbocycles. The number of carbonyl (C=O) groups excluding carboxylic acids is 1. The van der Waals surface area contributed by atoms with Crippen LogP contribution in [0.4, 0.5) is 10.1 Å². The zero-order valence-electron chi connectivity index (χ0n) is 13.6. The van der Waals surface area contributed by atoms with Crippen molar-refractivity contribution in [3.63, 3.8) is 0 Å². The van der Waals surface area contributed by atoms with Gasteiger partial charge in [-0.05, 0) is 48.4 Å². The molecule has 0 heterocycles. The summed E-state index contributed by atoms with van der Waals surface area (Å²) in [4.78, 5) is 12.1. The average Bonchev–Trinajstić information content (AvgIpc) is 2.54. The van der Waals surface area contributed by atoms with Gasteiger partial charge in [-0.25, -0.2) is 12.8 Å². The van der Waals surface area contributed by atoms with Crippen LogP contribution >= 0.6 is 15.9 Å². The molecule has 1 amide bonds. The van der Waals surface area contributed by atoms with Crippen molar-refractivity contribution < 1.29 is 17.6 Å². The molecule has 1 N–H and O–H groups in total. The second-order valence-corrected chi connectivity index (χ2v) is 8.29. The standard InChI is InChI=1S/C17H18BrFN2O3S/c1-25(23,24)21(16-8-4-14(18)5-9-16)12-17(22)20-11-10-13-2-6-15(19)7-3-13/h2-9H,10-12H2,1H3,(H,20,22). The number of rotatable bonds is 7. The lowest BCUT2D eigenvalue weighted by Gasteiger charge is -2.22. The van der Waals surface area contributed by atoms with Gasteiger partial charge in [0.05, 0.1) is 11.9 Å². The number of hydrogen-bond acceptors (Lipinski definition) is 3. The summed E-state index contributed by atoms with van der Waals surface area (Å²) in [5.41, 5.74) is 1.30. The number of carbonyl (C=O) groups is 1. The highest BCUT2D eigenvalue weighted by atomic mass is 79.9. The fraction of sp³-hybridized carbons (Fsp3) is 0.235. The van der Waals surface area contributed by atoms with Gasteiger partial charge in [-0.1, -0.05) is 28.1 Å². The molecule has 0 bridgehead atoms. The molecule has 0 aromatic heterocycles. The second kappa shape index (κ2) is 8.44. The molecule has 25 heavy (non-hydrogen) atoms. The van der Waals surface area contributed by atoms with E-state index in [1.54, 1.807) is 36.4 Å². The molecule has 2 aromatic carbocycles. The van der Waals surface area contributed by atoms with Crippen molar-refractivity contribution in [2.24, 2.45) is 0 Å². The summed E-state index contributed by atoms with van der Waals surface area (Å²) in [5.74, 6) is -0.721. The molecule has 5 nitrogen and oxygen atoms in total. The first kappa shape index (κ1) is 19.4. The molecule has 0 unspecified atom stereocenters. The molecule has 0 aliphatic heterocycles. The van der Waals surface area contributed by atoms with Crippen molar-refractivity contribution >= 4 is 37.5 Å².